The third kappa shape index (κ3) is 4.74. The minimum Gasteiger partial charge on any atom is -0.370 e. The number of aryl methyl sites for hydroxylation is 2. The number of aromatic nitrogens is 4. The Hall–Kier alpha value is -3.26. The Balaban J connectivity index is 1.64. The predicted octanol–water partition coefficient (Wildman–Crippen LogP) is 3.16. The third-order valence-electron chi connectivity index (χ3n) is 5.95. The maximum Gasteiger partial charge on any atom is 0.191 e. The maximum absolute atomic E-state index is 5.49. The third-order valence-corrected chi connectivity index (χ3v) is 5.95. The molecule has 0 saturated carbocycles. The van der Waals surface area contributed by atoms with Crippen LogP contribution in [0.15, 0.2) is 54.0 Å². The molecule has 4 heterocycles. The lowest BCUT2D eigenvalue weighted by Crippen LogP contribution is -2.39. The smallest absolute Gasteiger partial charge is 0.191 e. The van der Waals surface area contributed by atoms with Crippen LogP contribution in [0.2, 0.25) is 0 Å². The molecule has 3 aromatic rings. The van der Waals surface area contributed by atoms with E-state index in [0.717, 1.165) is 43.7 Å². The summed E-state index contributed by atoms with van der Waals surface area (Å²) in [4.78, 5) is 16.2. The number of hydrogen-bond donors (Lipinski definition) is 2. The van der Waals surface area contributed by atoms with Crippen LogP contribution in [0.3, 0.4) is 0 Å². The summed E-state index contributed by atoms with van der Waals surface area (Å²) in [6, 6.07) is 8.78. The first kappa shape index (κ1) is 21.0. The fourth-order valence-electron chi connectivity index (χ4n) is 4.55. The van der Waals surface area contributed by atoms with Crippen LogP contribution in [-0.4, -0.2) is 37.2 Å². The van der Waals surface area contributed by atoms with Gasteiger partial charge in [0.25, 0.3) is 0 Å². The molecule has 31 heavy (non-hydrogen) atoms. The SMILES string of the molecule is Cc1cccnc1[C@H]1CCC[C@@H](c2ncccc2C)N1CCn1cc(N=C(N)N)cn1. The Morgan fingerprint density at radius 1 is 1.00 bits per heavy atom. The fourth-order valence-corrected chi connectivity index (χ4v) is 4.55. The zero-order valence-corrected chi connectivity index (χ0v) is 18.1. The first-order valence-corrected chi connectivity index (χ1v) is 10.7. The van der Waals surface area contributed by atoms with E-state index in [1.54, 1.807) is 6.20 Å². The van der Waals surface area contributed by atoms with E-state index in [1.807, 2.05) is 35.4 Å². The summed E-state index contributed by atoms with van der Waals surface area (Å²) in [5.74, 6) is 0.0342. The second-order valence-electron chi connectivity index (χ2n) is 8.11. The number of rotatable bonds is 6. The predicted molar refractivity (Wildman–Crippen MR) is 122 cm³/mol. The van der Waals surface area contributed by atoms with Gasteiger partial charge in [-0.3, -0.25) is 19.5 Å². The Morgan fingerprint density at radius 2 is 1.61 bits per heavy atom. The normalized spacial score (nSPS) is 19.3. The molecule has 0 aromatic carbocycles. The van der Waals surface area contributed by atoms with E-state index in [2.05, 4.69) is 41.0 Å². The van der Waals surface area contributed by atoms with E-state index < -0.39 is 0 Å². The van der Waals surface area contributed by atoms with Crippen LogP contribution in [0.5, 0.6) is 0 Å². The van der Waals surface area contributed by atoms with Crippen molar-refractivity contribution >= 4 is 11.6 Å². The van der Waals surface area contributed by atoms with Crippen LogP contribution in [-0.2, 0) is 6.54 Å². The van der Waals surface area contributed by atoms with E-state index in [4.69, 9.17) is 21.4 Å². The number of piperidine rings is 1. The molecule has 0 bridgehead atoms. The summed E-state index contributed by atoms with van der Waals surface area (Å²) in [6.45, 7) is 5.84. The van der Waals surface area contributed by atoms with Crippen molar-refractivity contribution in [1.82, 2.24) is 24.6 Å². The molecule has 8 heteroatoms. The fraction of sp³-hybridized carbons (Fsp3) is 0.391. The van der Waals surface area contributed by atoms with E-state index in [1.165, 1.54) is 11.1 Å². The largest absolute Gasteiger partial charge is 0.370 e. The molecule has 0 unspecified atom stereocenters. The summed E-state index contributed by atoms with van der Waals surface area (Å²) in [6.07, 6.45) is 10.6. The van der Waals surface area contributed by atoms with Crippen molar-refractivity contribution in [2.75, 3.05) is 6.54 Å². The summed E-state index contributed by atoms with van der Waals surface area (Å²) in [5, 5.41) is 4.42. The number of nitrogens with zero attached hydrogens (tertiary/aromatic N) is 6. The molecular formula is C23H30N8. The summed E-state index contributed by atoms with van der Waals surface area (Å²) in [7, 11) is 0. The highest BCUT2D eigenvalue weighted by atomic mass is 15.3. The molecule has 0 spiro atoms. The van der Waals surface area contributed by atoms with Gasteiger partial charge in [0.1, 0.15) is 5.69 Å². The van der Waals surface area contributed by atoms with E-state index in [0.29, 0.717) is 5.69 Å². The van der Waals surface area contributed by atoms with Gasteiger partial charge in [0.05, 0.1) is 42.4 Å². The van der Waals surface area contributed by atoms with Gasteiger partial charge in [-0.2, -0.15) is 5.10 Å². The van der Waals surface area contributed by atoms with Crippen molar-refractivity contribution in [2.24, 2.45) is 16.5 Å². The van der Waals surface area contributed by atoms with Crippen molar-refractivity contribution in [3.8, 4) is 0 Å². The van der Waals surface area contributed by atoms with Crippen LogP contribution in [0.1, 0.15) is 53.9 Å². The molecule has 2 atom stereocenters. The summed E-state index contributed by atoms with van der Waals surface area (Å²) in [5.41, 5.74) is 16.4. The molecule has 1 aliphatic rings. The van der Waals surface area contributed by atoms with Gasteiger partial charge in [0, 0.05) is 18.9 Å². The zero-order valence-electron chi connectivity index (χ0n) is 18.1. The zero-order chi connectivity index (χ0) is 21.8. The minimum absolute atomic E-state index is 0.0342. The van der Waals surface area contributed by atoms with Gasteiger partial charge in [-0.05, 0) is 56.4 Å². The first-order chi connectivity index (χ1) is 15.0. The second kappa shape index (κ2) is 9.26. The van der Waals surface area contributed by atoms with Crippen molar-refractivity contribution < 1.29 is 0 Å². The van der Waals surface area contributed by atoms with Gasteiger partial charge in [0.2, 0.25) is 0 Å². The average Bonchev–Trinajstić information content (AvgIpc) is 3.19. The molecule has 4 rings (SSSR count). The van der Waals surface area contributed by atoms with E-state index >= 15 is 0 Å². The number of nitrogens with two attached hydrogens (primary N) is 2. The lowest BCUT2D eigenvalue weighted by atomic mass is 9.89. The van der Waals surface area contributed by atoms with Crippen LogP contribution in [0, 0.1) is 13.8 Å². The van der Waals surface area contributed by atoms with Gasteiger partial charge in [-0.25, -0.2) is 4.99 Å². The maximum atomic E-state index is 5.49. The molecular weight excluding hydrogens is 388 g/mol. The van der Waals surface area contributed by atoms with Gasteiger partial charge in [-0.15, -0.1) is 0 Å². The number of aliphatic imine (C=N–C) groups is 1. The molecule has 1 saturated heterocycles. The van der Waals surface area contributed by atoms with Crippen LogP contribution >= 0.6 is 0 Å². The Kier molecular flexibility index (Phi) is 6.27. The summed E-state index contributed by atoms with van der Waals surface area (Å²) >= 11 is 0. The van der Waals surface area contributed by atoms with Crippen molar-refractivity contribution in [1.29, 1.82) is 0 Å². The highest BCUT2D eigenvalue weighted by Crippen LogP contribution is 2.41. The molecule has 4 N–H and O–H groups in total. The van der Waals surface area contributed by atoms with Crippen molar-refractivity contribution in [3.63, 3.8) is 0 Å². The highest BCUT2D eigenvalue weighted by molar-refractivity contribution is 5.78. The van der Waals surface area contributed by atoms with Crippen LogP contribution in [0.4, 0.5) is 5.69 Å². The van der Waals surface area contributed by atoms with Crippen LogP contribution in [0.25, 0.3) is 0 Å². The molecule has 1 fully saturated rings. The highest BCUT2D eigenvalue weighted by Gasteiger charge is 2.35. The molecule has 0 aliphatic carbocycles. The molecule has 1 aliphatic heterocycles. The Morgan fingerprint density at radius 3 is 2.16 bits per heavy atom. The summed E-state index contributed by atoms with van der Waals surface area (Å²) < 4.78 is 1.89. The monoisotopic (exact) mass is 418 g/mol. The average molecular weight is 419 g/mol. The number of guanidine groups is 1. The van der Waals surface area contributed by atoms with Crippen molar-refractivity contribution in [3.05, 3.63) is 71.6 Å². The quantitative estimate of drug-likeness (QED) is 0.470. The molecule has 3 aromatic heterocycles. The molecule has 0 radical (unpaired) electrons. The number of pyridine rings is 2. The topological polar surface area (TPSA) is 111 Å². The van der Waals surface area contributed by atoms with E-state index in [9.17, 15) is 0 Å². The lowest BCUT2D eigenvalue weighted by Gasteiger charge is -2.42. The van der Waals surface area contributed by atoms with Crippen molar-refractivity contribution in [2.45, 2.75) is 51.7 Å². The van der Waals surface area contributed by atoms with Gasteiger partial charge >= 0.3 is 0 Å². The van der Waals surface area contributed by atoms with E-state index in [-0.39, 0.29) is 18.0 Å². The molecule has 0 amide bonds. The number of hydrogen-bond acceptors (Lipinski definition) is 5. The van der Waals surface area contributed by atoms with Gasteiger partial charge in [0.15, 0.2) is 5.96 Å². The minimum atomic E-state index is 0.0342. The Bertz CT molecular complexity index is 999. The van der Waals surface area contributed by atoms with Gasteiger partial charge < -0.3 is 11.5 Å². The van der Waals surface area contributed by atoms with Gasteiger partial charge in [-0.1, -0.05) is 12.1 Å². The Labute approximate surface area is 183 Å². The lowest BCUT2D eigenvalue weighted by molar-refractivity contribution is 0.0711. The second-order valence-corrected chi connectivity index (χ2v) is 8.11. The van der Waals surface area contributed by atoms with Crippen LogP contribution < -0.4 is 11.5 Å². The molecule has 8 nitrogen and oxygen atoms in total. The standard InChI is InChI=1S/C23H30N8/c1-16-6-4-10-26-21(16)19-8-3-9-20(22-17(2)7-5-11-27-22)31(19)13-12-30-15-18(14-28-30)29-23(24)25/h4-7,10-11,14-15,19-20H,3,8-9,12-13H2,1-2H3,(H4,24,25,29)/t19-,20+. The number of likely N-dealkylation sites (tertiary alicyclic amines) is 1. The first-order valence-electron chi connectivity index (χ1n) is 10.7. The molecule has 162 valence electrons.